The Labute approximate surface area is 147 Å². The number of benzene rings is 1. The molecule has 1 N–H and O–H groups in total. The summed E-state index contributed by atoms with van der Waals surface area (Å²) >= 11 is 5.91. The van der Waals surface area contributed by atoms with E-state index in [1.54, 1.807) is 16.7 Å². The number of amides is 2. The van der Waals surface area contributed by atoms with E-state index in [-0.39, 0.29) is 42.2 Å². The van der Waals surface area contributed by atoms with Crippen LogP contribution in [-0.4, -0.2) is 52.5 Å². The normalized spacial score (nSPS) is 24.0. The molecular weight excluding hydrogens is 328 g/mol. The number of likely N-dealkylation sites (tertiary alicyclic amines) is 2. The second-order valence-corrected chi connectivity index (χ2v) is 7.36. The average Bonchev–Trinajstić information content (AvgIpc) is 2.87. The maximum absolute atomic E-state index is 12.5. The Morgan fingerprint density at radius 3 is 2.42 bits per heavy atom. The monoisotopic (exact) mass is 350 g/mol. The lowest BCUT2D eigenvalue weighted by atomic mass is 9.92. The summed E-state index contributed by atoms with van der Waals surface area (Å²) in [6.45, 7) is 5.36. The van der Waals surface area contributed by atoms with Gasteiger partial charge in [-0.05, 0) is 31.5 Å². The molecule has 6 heteroatoms. The topological polar surface area (TPSA) is 60.9 Å². The highest BCUT2D eigenvalue weighted by atomic mass is 35.5. The fourth-order valence-corrected chi connectivity index (χ4v) is 3.57. The first kappa shape index (κ1) is 17.2. The molecule has 2 fully saturated rings. The van der Waals surface area contributed by atoms with Gasteiger partial charge in [0, 0.05) is 37.0 Å². The first-order chi connectivity index (χ1) is 11.4. The predicted molar refractivity (Wildman–Crippen MR) is 91.4 cm³/mol. The van der Waals surface area contributed by atoms with Crippen molar-refractivity contribution < 1.29 is 14.7 Å². The minimum atomic E-state index is -0.388. The second kappa shape index (κ2) is 6.73. The molecule has 2 heterocycles. The van der Waals surface area contributed by atoms with E-state index in [1.165, 1.54) is 0 Å². The minimum absolute atomic E-state index is 0.0170. The van der Waals surface area contributed by atoms with Crippen molar-refractivity contribution in [2.45, 2.75) is 32.4 Å². The van der Waals surface area contributed by atoms with Crippen molar-refractivity contribution >= 4 is 23.4 Å². The number of rotatable bonds is 4. The molecule has 0 aromatic heterocycles. The van der Waals surface area contributed by atoms with E-state index in [2.05, 4.69) is 0 Å². The van der Waals surface area contributed by atoms with E-state index in [0.29, 0.717) is 24.7 Å². The standard InChI is InChI=1S/C18H23ClN2O3/c1-11(13-3-5-16(19)6-4-13)21-10-14(7-17(21)23)18(24)20-8-15(9-20)12(2)22/h3-6,11-12,14-15,22H,7-10H2,1-2H3/t11-,12?,14?/m0/s1. The lowest BCUT2D eigenvalue weighted by Crippen LogP contribution is -2.55. The van der Waals surface area contributed by atoms with E-state index in [1.807, 2.05) is 31.2 Å². The van der Waals surface area contributed by atoms with Gasteiger partial charge in [-0.25, -0.2) is 0 Å². The van der Waals surface area contributed by atoms with Crippen LogP contribution in [0.1, 0.15) is 31.9 Å². The molecule has 0 radical (unpaired) electrons. The summed E-state index contributed by atoms with van der Waals surface area (Å²) in [5.74, 6) is -0.0631. The molecule has 2 aliphatic rings. The van der Waals surface area contributed by atoms with Crippen LogP contribution in [0.5, 0.6) is 0 Å². The van der Waals surface area contributed by atoms with Gasteiger partial charge in [-0.3, -0.25) is 9.59 Å². The Hall–Kier alpha value is -1.59. The summed E-state index contributed by atoms with van der Waals surface area (Å²) in [6.07, 6.45) is -0.118. The van der Waals surface area contributed by atoms with Gasteiger partial charge in [0.1, 0.15) is 0 Å². The number of hydrogen-bond acceptors (Lipinski definition) is 3. The van der Waals surface area contributed by atoms with E-state index in [0.717, 1.165) is 5.56 Å². The van der Waals surface area contributed by atoms with E-state index in [9.17, 15) is 14.7 Å². The molecule has 24 heavy (non-hydrogen) atoms. The fraction of sp³-hybridized carbons (Fsp3) is 0.556. The number of halogens is 1. The molecule has 0 spiro atoms. The summed E-state index contributed by atoms with van der Waals surface area (Å²) in [5, 5.41) is 10.2. The Kier molecular flexibility index (Phi) is 4.83. The number of hydrogen-bond donors (Lipinski definition) is 1. The van der Waals surface area contributed by atoms with Crippen molar-refractivity contribution in [3.8, 4) is 0 Å². The molecule has 130 valence electrons. The Bertz CT molecular complexity index is 626. The fourth-order valence-electron chi connectivity index (χ4n) is 3.45. The highest BCUT2D eigenvalue weighted by Crippen LogP contribution is 2.31. The second-order valence-electron chi connectivity index (χ2n) is 6.92. The molecule has 0 bridgehead atoms. The smallest absolute Gasteiger partial charge is 0.228 e. The molecule has 0 saturated carbocycles. The van der Waals surface area contributed by atoms with Gasteiger partial charge < -0.3 is 14.9 Å². The number of aliphatic hydroxyl groups is 1. The number of carbonyl (C=O) groups is 2. The third kappa shape index (κ3) is 3.28. The van der Waals surface area contributed by atoms with Crippen molar-refractivity contribution in [1.29, 1.82) is 0 Å². The van der Waals surface area contributed by atoms with Crippen LogP contribution in [0.2, 0.25) is 5.02 Å². The van der Waals surface area contributed by atoms with E-state index in [4.69, 9.17) is 11.6 Å². The third-order valence-electron chi connectivity index (χ3n) is 5.23. The van der Waals surface area contributed by atoms with Gasteiger partial charge in [-0.15, -0.1) is 0 Å². The number of nitrogens with zero attached hydrogens (tertiary/aromatic N) is 2. The van der Waals surface area contributed by atoms with Crippen molar-refractivity contribution in [1.82, 2.24) is 9.80 Å². The molecule has 3 rings (SSSR count). The molecule has 3 atom stereocenters. The summed E-state index contributed by atoms with van der Waals surface area (Å²) in [5.41, 5.74) is 1.01. The summed E-state index contributed by atoms with van der Waals surface area (Å²) in [4.78, 5) is 28.4. The lowest BCUT2D eigenvalue weighted by molar-refractivity contribution is -0.144. The van der Waals surface area contributed by atoms with Gasteiger partial charge in [-0.2, -0.15) is 0 Å². The van der Waals surface area contributed by atoms with Crippen LogP contribution >= 0.6 is 11.6 Å². The average molecular weight is 351 g/mol. The zero-order chi connectivity index (χ0) is 17.4. The zero-order valence-electron chi connectivity index (χ0n) is 14.0. The van der Waals surface area contributed by atoms with Crippen LogP contribution in [0.15, 0.2) is 24.3 Å². The SMILES string of the molecule is CC(O)C1CN(C(=O)C2CC(=O)N([C@@H](C)c3ccc(Cl)cc3)C2)C1. The van der Waals surface area contributed by atoms with Crippen LogP contribution in [0.25, 0.3) is 0 Å². The van der Waals surface area contributed by atoms with Crippen molar-refractivity contribution in [3.63, 3.8) is 0 Å². The van der Waals surface area contributed by atoms with Crippen LogP contribution in [0, 0.1) is 11.8 Å². The van der Waals surface area contributed by atoms with Crippen molar-refractivity contribution in [2.75, 3.05) is 19.6 Å². The van der Waals surface area contributed by atoms with Gasteiger partial charge in [0.2, 0.25) is 11.8 Å². The van der Waals surface area contributed by atoms with E-state index >= 15 is 0 Å². The van der Waals surface area contributed by atoms with Gasteiger partial charge >= 0.3 is 0 Å². The maximum Gasteiger partial charge on any atom is 0.228 e. The molecule has 1 aromatic carbocycles. The lowest BCUT2D eigenvalue weighted by Gasteiger charge is -2.42. The highest BCUT2D eigenvalue weighted by molar-refractivity contribution is 6.30. The molecule has 2 saturated heterocycles. The minimum Gasteiger partial charge on any atom is -0.393 e. The molecule has 2 unspecified atom stereocenters. The molecule has 2 amide bonds. The van der Waals surface area contributed by atoms with Crippen molar-refractivity contribution in [3.05, 3.63) is 34.9 Å². The Balaban J connectivity index is 1.61. The van der Waals surface area contributed by atoms with Crippen LogP contribution < -0.4 is 0 Å². The predicted octanol–water partition coefficient (Wildman–Crippen LogP) is 2.09. The molecule has 5 nitrogen and oxygen atoms in total. The van der Waals surface area contributed by atoms with Gasteiger partial charge in [-0.1, -0.05) is 23.7 Å². The molecule has 2 aliphatic heterocycles. The molecular formula is C18H23ClN2O3. The quantitative estimate of drug-likeness (QED) is 0.904. The zero-order valence-corrected chi connectivity index (χ0v) is 14.7. The first-order valence-corrected chi connectivity index (χ1v) is 8.76. The van der Waals surface area contributed by atoms with Crippen LogP contribution in [0.3, 0.4) is 0 Å². The van der Waals surface area contributed by atoms with Crippen LogP contribution in [-0.2, 0) is 9.59 Å². The maximum atomic E-state index is 12.5. The van der Waals surface area contributed by atoms with Gasteiger partial charge in [0.25, 0.3) is 0 Å². The number of carbonyl (C=O) groups excluding carboxylic acids is 2. The largest absolute Gasteiger partial charge is 0.393 e. The van der Waals surface area contributed by atoms with Crippen LogP contribution in [0.4, 0.5) is 0 Å². The van der Waals surface area contributed by atoms with Gasteiger partial charge in [0.05, 0.1) is 18.1 Å². The summed E-state index contributed by atoms with van der Waals surface area (Å²) < 4.78 is 0. The highest BCUT2D eigenvalue weighted by Gasteiger charge is 2.42. The summed E-state index contributed by atoms with van der Waals surface area (Å²) in [7, 11) is 0. The van der Waals surface area contributed by atoms with Gasteiger partial charge in [0.15, 0.2) is 0 Å². The summed E-state index contributed by atoms with van der Waals surface area (Å²) in [6, 6.07) is 7.38. The Morgan fingerprint density at radius 2 is 1.83 bits per heavy atom. The number of aliphatic hydroxyl groups excluding tert-OH is 1. The Morgan fingerprint density at radius 1 is 1.21 bits per heavy atom. The van der Waals surface area contributed by atoms with Crippen molar-refractivity contribution in [2.24, 2.45) is 11.8 Å². The molecule has 1 aromatic rings. The molecule has 0 aliphatic carbocycles. The van der Waals surface area contributed by atoms with E-state index < -0.39 is 0 Å². The first-order valence-electron chi connectivity index (χ1n) is 8.38. The third-order valence-corrected chi connectivity index (χ3v) is 5.48.